The van der Waals surface area contributed by atoms with E-state index in [1.807, 2.05) is 0 Å². The highest BCUT2D eigenvalue weighted by Gasteiger charge is 2.40. The summed E-state index contributed by atoms with van der Waals surface area (Å²) < 4.78 is 26.7. The van der Waals surface area contributed by atoms with Gasteiger partial charge >= 0.3 is 0 Å². The highest BCUT2D eigenvalue weighted by molar-refractivity contribution is 6.08. The number of alkyl halides is 2. The fraction of sp³-hybridized carbons (Fsp3) is 0.435. The van der Waals surface area contributed by atoms with E-state index in [2.05, 4.69) is 15.6 Å². The molecular formula is C23H28F2N6O4. The number of fused-ring (bicyclic) bond motifs is 1. The second-order valence-corrected chi connectivity index (χ2v) is 8.26. The lowest BCUT2D eigenvalue weighted by Crippen LogP contribution is -2.40. The molecule has 12 heteroatoms. The minimum absolute atomic E-state index is 0.0109. The Morgan fingerprint density at radius 3 is 2.63 bits per heavy atom. The van der Waals surface area contributed by atoms with Crippen LogP contribution in [-0.4, -0.2) is 79.2 Å². The summed E-state index contributed by atoms with van der Waals surface area (Å²) in [4.78, 5) is 55.9. The molecule has 0 saturated carbocycles. The molecule has 1 aromatic carbocycles. The molecule has 0 spiro atoms. The normalized spacial score (nSPS) is 14.6. The summed E-state index contributed by atoms with van der Waals surface area (Å²) in [5, 5.41) is 5.53. The second kappa shape index (κ2) is 11.2. The molecule has 188 valence electrons. The van der Waals surface area contributed by atoms with Gasteiger partial charge in [0.15, 0.2) is 0 Å². The van der Waals surface area contributed by atoms with Crippen LogP contribution in [0.15, 0.2) is 30.5 Å². The Kier molecular flexibility index (Phi) is 8.28. The Hall–Kier alpha value is -3.67. The number of likely N-dealkylation sites (tertiary alicyclic amines) is 1. The molecule has 1 fully saturated rings. The standard InChI is InChI=1S/C23H28F2N6O4/c1-30(20(33)5-4-19(32)28-10-8-26)15-2-3-18-17(12-15)16(6-9-27-18)22(35)29-13-21(34)31-11-7-23(24,25)14-31/h2-3,6,9,12H,4-5,7-8,10-11,13-14,26H2,1H3,(H,28,32)(H,29,35). The Balaban J connectivity index is 1.68. The van der Waals surface area contributed by atoms with E-state index in [-0.39, 0.29) is 36.8 Å². The average molecular weight is 491 g/mol. The maximum absolute atomic E-state index is 13.3. The molecule has 0 bridgehead atoms. The number of carbonyl (C=O) groups excluding carboxylic acids is 4. The molecule has 4 amide bonds. The Bertz CT molecular complexity index is 1130. The number of pyridine rings is 1. The maximum Gasteiger partial charge on any atom is 0.267 e. The number of amides is 4. The van der Waals surface area contributed by atoms with Crippen LogP contribution in [0.3, 0.4) is 0 Å². The van der Waals surface area contributed by atoms with Crippen LogP contribution in [0.5, 0.6) is 0 Å². The van der Waals surface area contributed by atoms with Crippen molar-refractivity contribution in [1.29, 1.82) is 0 Å². The van der Waals surface area contributed by atoms with Gasteiger partial charge in [0.25, 0.3) is 11.8 Å². The van der Waals surface area contributed by atoms with E-state index < -0.39 is 37.2 Å². The molecule has 4 N–H and O–H groups in total. The molecule has 1 saturated heterocycles. The first kappa shape index (κ1) is 25.9. The first-order chi connectivity index (χ1) is 16.6. The van der Waals surface area contributed by atoms with Gasteiger partial charge in [0, 0.05) is 63.2 Å². The molecule has 2 heterocycles. The van der Waals surface area contributed by atoms with Gasteiger partial charge in [-0.3, -0.25) is 24.2 Å². The summed E-state index contributed by atoms with van der Waals surface area (Å²) in [6.45, 7) is -0.482. The number of rotatable bonds is 9. The fourth-order valence-electron chi connectivity index (χ4n) is 3.68. The van der Waals surface area contributed by atoms with Crippen molar-refractivity contribution in [3.8, 4) is 0 Å². The number of nitrogens with two attached hydrogens (primary N) is 1. The molecule has 2 aromatic rings. The number of carbonyl (C=O) groups is 4. The van der Waals surface area contributed by atoms with Crippen LogP contribution in [0.25, 0.3) is 10.9 Å². The number of nitrogens with one attached hydrogen (secondary N) is 2. The predicted molar refractivity (Wildman–Crippen MR) is 125 cm³/mol. The van der Waals surface area contributed by atoms with Crippen molar-refractivity contribution < 1.29 is 28.0 Å². The predicted octanol–water partition coefficient (Wildman–Crippen LogP) is 0.650. The van der Waals surface area contributed by atoms with Gasteiger partial charge in [-0.15, -0.1) is 0 Å². The van der Waals surface area contributed by atoms with Crippen molar-refractivity contribution in [3.63, 3.8) is 0 Å². The highest BCUT2D eigenvalue weighted by atomic mass is 19.3. The summed E-state index contributed by atoms with van der Waals surface area (Å²) in [5.41, 5.74) is 6.54. The van der Waals surface area contributed by atoms with Crippen LogP contribution in [0.4, 0.5) is 14.5 Å². The third-order valence-corrected chi connectivity index (χ3v) is 5.69. The van der Waals surface area contributed by atoms with Crippen molar-refractivity contribution in [2.24, 2.45) is 5.73 Å². The summed E-state index contributed by atoms with van der Waals surface area (Å²) in [5.74, 6) is -4.63. The first-order valence-electron chi connectivity index (χ1n) is 11.2. The molecular weight excluding hydrogens is 462 g/mol. The lowest BCUT2D eigenvalue weighted by molar-refractivity contribution is -0.130. The fourth-order valence-corrected chi connectivity index (χ4v) is 3.68. The monoisotopic (exact) mass is 490 g/mol. The van der Waals surface area contributed by atoms with Gasteiger partial charge in [-0.25, -0.2) is 8.78 Å². The van der Waals surface area contributed by atoms with Crippen molar-refractivity contribution in [2.75, 3.05) is 44.7 Å². The molecule has 0 atom stereocenters. The van der Waals surface area contributed by atoms with E-state index in [0.29, 0.717) is 29.7 Å². The van der Waals surface area contributed by atoms with E-state index in [9.17, 15) is 28.0 Å². The minimum atomic E-state index is -2.91. The molecule has 10 nitrogen and oxygen atoms in total. The molecule has 0 radical (unpaired) electrons. The summed E-state index contributed by atoms with van der Waals surface area (Å²) in [7, 11) is 1.56. The molecule has 0 unspecified atom stereocenters. The Morgan fingerprint density at radius 2 is 1.94 bits per heavy atom. The Morgan fingerprint density at radius 1 is 1.17 bits per heavy atom. The number of nitrogens with zero attached hydrogens (tertiary/aromatic N) is 3. The van der Waals surface area contributed by atoms with Gasteiger partial charge in [0.05, 0.1) is 24.2 Å². The second-order valence-electron chi connectivity index (χ2n) is 8.26. The number of halogens is 2. The van der Waals surface area contributed by atoms with Gasteiger partial charge in [-0.05, 0) is 24.3 Å². The smallest absolute Gasteiger partial charge is 0.267 e. The van der Waals surface area contributed by atoms with Gasteiger partial charge in [0.1, 0.15) is 0 Å². The van der Waals surface area contributed by atoms with Gasteiger partial charge in [-0.1, -0.05) is 0 Å². The maximum atomic E-state index is 13.3. The Labute approximate surface area is 200 Å². The summed E-state index contributed by atoms with van der Waals surface area (Å²) >= 11 is 0. The number of aromatic nitrogens is 1. The van der Waals surface area contributed by atoms with Gasteiger partial charge in [0.2, 0.25) is 17.7 Å². The topological polar surface area (TPSA) is 138 Å². The molecule has 1 aromatic heterocycles. The zero-order chi connectivity index (χ0) is 25.6. The molecule has 1 aliphatic rings. The summed E-state index contributed by atoms with van der Waals surface area (Å²) in [6.07, 6.45) is 1.05. The van der Waals surface area contributed by atoms with Gasteiger partial charge in [-0.2, -0.15) is 0 Å². The van der Waals surface area contributed by atoms with E-state index in [4.69, 9.17) is 5.73 Å². The van der Waals surface area contributed by atoms with Crippen LogP contribution < -0.4 is 21.3 Å². The third-order valence-electron chi connectivity index (χ3n) is 5.69. The molecule has 35 heavy (non-hydrogen) atoms. The van der Waals surface area contributed by atoms with Crippen molar-refractivity contribution in [3.05, 3.63) is 36.0 Å². The van der Waals surface area contributed by atoms with E-state index >= 15 is 0 Å². The van der Waals surface area contributed by atoms with Crippen LogP contribution in [-0.2, 0) is 14.4 Å². The number of hydrogen-bond donors (Lipinski definition) is 3. The zero-order valence-corrected chi connectivity index (χ0v) is 19.4. The molecule has 1 aliphatic heterocycles. The number of hydrogen-bond acceptors (Lipinski definition) is 6. The largest absolute Gasteiger partial charge is 0.355 e. The van der Waals surface area contributed by atoms with E-state index in [1.54, 1.807) is 25.2 Å². The molecule has 3 rings (SSSR count). The third kappa shape index (κ3) is 6.69. The quantitative estimate of drug-likeness (QED) is 0.472. The van der Waals surface area contributed by atoms with Crippen molar-refractivity contribution in [1.82, 2.24) is 20.5 Å². The average Bonchev–Trinajstić information content (AvgIpc) is 3.22. The van der Waals surface area contributed by atoms with Crippen molar-refractivity contribution in [2.45, 2.75) is 25.2 Å². The van der Waals surface area contributed by atoms with Crippen LogP contribution in [0.1, 0.15) is 29.6 Å². The highest BCUT2D eigenvalue weighted by Crippen LogP contribution is 2.27. The zero-order valence-electron chi connectivity index (χ0n) is 19.4. The van der Waals surface area contributed by atoms with Gasteiger partial charge < -0.3 is 26.2 Å². The number of anilines is 1. The number of benzene rings is 1. The minimum Gasteiger partial charge on any atom is -0.355 e. The lowest BCUT2D eigenvalue weighted by Gasteiger charge is -2.19. The summed E-state index contributed by atoms with van der Waals surface area (Å²) in [6, 6.07) is 6.41. The first-order valence-corrected chi connectivity index (χ1v) is 11.2. The van der Waals surface area contributed by atoms with Crippen LogP contribution in [0, 0.1) is 0 Å². The van der Waals surface area contributed by atoms with Crippen LogP contribution >= 0.6 is 0 Å². The van der Waals surface area contributed by atoms with Crippen LogP contribution in [0.2, 0.25) is 0 Å². The lowest BCUT2D eigenvalue weighted by atomic mass is 10.1. The van der Waals surface area contributed by atoms with Crippen molar-refractivity contribution >= 4 is 40.2 Å². The van der Waals surface area contributed by atoms with E-state index in [0.717, 1.165) is 4.90 Å². The molecule has 0 aliphatic carbocycles. The van der Waals surface area contributed by atoms with E-state index in [1.165, 1.54) is 17.2 Å². The SMILES string of the molecule is CN(C(=O)CCC(=O)NCCN)c1ccc2nccc(C(=O)NCC(=O)N3CCC(F)(F)C3)c2c1.